The second kappa shape index (κ2) is 6.57. The van der Waals surface area contributed by atoms with Crippen molar-refractivity contribution in [1.82, 2.24) is 9.97 Å². The van der Waals surface area contributed by atoms with Crippen molar-refractivity contribution < 1.29 is 4.74 Å². The zero-order chi connectivity index (χ0) is 13.8. The average molecular weight is 315 g/mol. The van der Waals surface area contributed by atoms with Gasteiger partial charge < -0.3 is 4.74 Å². The second-order valence-electron chi connectivity index (χ2n) is 3.81. The number of ether oxygens (including phenoxy) is 1. The van der Waals surface area contributed by atoms with Gasteiger partial charge in [0.05, 0.1) is 15.6 Å². The van der Waals surface area contributed by atoms with Crippen LogP contribution in [0.3, 0.4) is 0 Å². The van der Waals surface area contributed by atoms with Crippen LogP contribution in [0.4, 0.5) is 0 Å². The Bertz CT molecular complexity index is 570. The molecule has 0 unspecified atom stereocenters. The van der Waals surface area contributed by atoms with Gasteiger partial charge in [-0.25, -0.2) is 9.97 Å². The normalized spacial score (nSPS) is 10.7. The molecule has 3 nitrogen and oxygen atoms in total. The van der Waals surface area contributed by atoms with E-state index in [-0.39, 0.29) is 0 Å². The molecule has 0 aliphatic heterocycles. The summed E-state index contributed by atoms with van der Waals surface area (Å²) in [4.78, 5) is 10.3. The highest BCUT2D eigenvalue weighted by molar-refractivity contribution is 7.99. The predicted octanol–water partition coefficient (Wildman–Crippen LogP) is 4.39. The smallest absolute Gasteiger partial charge is 0.156 e. The Hall–Kier alpha value is -0.810. The lowest BCUT2D eigenvalue weighted by Gasteiger charge is -2.09. The van der Waals surface area contributed by atoms with Crippen molar-refractivity contribution in [3.63, 3.8) is 0 Å². The maximum Gasteiger partial charge on any atom is 0.156 e. The van der Waals surface area contributed by atoms with E-state index in [1.165, 1.54) is 11.8 Å². The van der Waals surface area contributed by atoms with Crippen molar-refractivity contribution in [3.8, 4) is 0 Å². The molecule has 0 bridgehead atoms. The summed E-state index contributed by atoms with van der Waals surface area (Å²) >= 11 is 13.8. The lowest BCUT2D eigenvalue weighted by Crippen LogP contribution is -2.01. The molecular formula is C13H12Cl2N2OS. The quantitative estimate of drug-likeness (QED) is 0.784. The molecule has 0 aliphatic rings. The zero-order valence-electron chi connectivity index (χ0n) is 10.5. The number of rotatable bonds is 4. The summed E-state index contributed by atoms with van der Waals surface area (Å²) in [6.45, 7) is 2.24. The van der Waals surface area contributed by atoms with Crippen molar-refractivity contribution in [2.75, 3.05) is 7.11 Å². The fourth-order valence-electron chi connectivity index (χ4n) is 1.53. The first-order chi connectivity index (χ1) is 9.11. The summed E-state index contributed by atoms with van der Waals surface area (Å²) in [7, 11) is 1.60. The Balaban J connectivity index is 2.33. The van der Waals surface area contributed by atoms with E-state index in [1.54, 1.807) is 7.11 Å². The minimum Gasteiger partial charge on any atom is -0.377 e. The van der Waals surface area contributed by atoms with Crippen molar-refractivity contribution in [2.24, 2.45) is 0 Å². The van der Waals surface area contributed by atoms with Crippen LogP contribution >= 0.6 is 35.0 Å². The van der Waals surface area contributed by atoms with Gasteiger partial charge in [0.15, 0.2) is 5.82 Å². The van der Waals surface area contributed by atoms with Crippen LogP contribution in [0.5, 0.6) is 0 Å². The lowest BCUT2D eigenvalue weighted by atomic mass is 10.4. The van der Waals surface area contributed by atoms with Crippen LogP contribution in [0.15, 0.2) is 34.1 Å². The van der Waals surface area contributed by atoms with Gasteiger partial charge in [0, 0.05) is 12.0 Å². The molecule has 100 valence electrons. The molecule has 2 aromatic rings. The third-order valence-corrected chi connectivity index (χ3v) is 4.46. The first-order valence-electron chi connectivity index (χ1n) is 5.56. The summed E-state index contributed by atoms with van der Waals surface area (Å²) in [5, 5.41) is 1.11. The largest absolute Gasteiger partial charge is 0.377 e. The molecule has 0 amide bonds. The fraction of sp³-hybridized carbons (Fsp3) is 0.231. The third-order valence-electron chi connectivity index (χ3n) is 2.36. The number of aromatic nitrogens is 2. The Kier molecular flexibility index (Phi) is 5.05. The highest BCUT2D eigenvalue weighted by atomic mass is 35.5. The third kappa shape index (κ3) is 3.60. The Morgan fingerprint density at radius 3 is 2.58 bits per heavy atom. The van der Waals surface area contributed by atoms with Gasteiger partial charge in [-0.1, -0.05) is 47.1 Å². The highest BCUT2D eigenvalue weighted by Gasteiger charge is 2.13. The van der Waals surface area contributed by atoms with Gasteiger partial charge in [-0.3, -0.25) is 0 Å². The van der Waals surface area contributed by atoms with Crippen molar-refractivity contribution in [1.29, 1.82) is 0 Å². The lowest BCUT2D eigenvalue weighted by molar-refractivity contribution is 0.177. The van der Waals surface area contributed by atoms with Gasteiger partial charge in [0.1, 0.15) is 11.8 Å². The molecule has 2 rings (SSSR count). The first-order valence-corrected chi connectivity index (χ1v) is 7.13. The molecule has 6 heteroatoms. The van der Waals surface area contributed by atoms with Crippen LogP contribution in [0.2, 0.25) is 10.2 Å². The number of aryl methyl sites for hydroxylation is 1. The number of methoxy groups -OCH3 is 1. The molecule has 0 N–H and O–H groups in total. The van der Waals surface area contributed by atoms with Gasteiger partial charge in [-0.2, -0.15) is 0 Å². The van der Waals surface area contributed by atoms with E-state index in [2.05, 4.69) is 9.97 Å². The summed E-state index contributed by atoms with van der Waals surface area (Å²) in [5.74, 6) is 0.577. The SMILES string of the molecule is COCc1nc(C)c(Sc2ccccc2Cl)c(Cl)n1. The van der Waals surface area contributed by atoms with Gasteiger partial charge in [0.25, 0.3) is 0 Å². The van der Waals surface area contributed by atoms with Gasteiger partial charge in [-0.15, -0.1) is 0 Å². The molecular weight excluding hydrogens is 303 g/mol. The van der Waals surface area contributed by atoms with E-state index >= 15 is 0 Å². The number of hydrogen-bond donors (Lipinski definition) is 0. The molecule has 0 fully saturated rings. The number of benzene rings is 1. The van der Waals surface area contributed by atoms with E-state index in [0.717, 1.165) is 15.5 Å². The molecule has 0 spiro atoms. The van der Waals surface area contributed by atoms with E-state index in [9.17, 15) is 0 Å². The molecule has 0 atom stereocenters. The molecule has 0 aliphatic carbocycles. The fourth-order valence-corrected chi connectivity index (χ4v) is 2.99. The monoisotopic (exact) mass is 314 g/mol. The number of nitrogens with zero attached hydrogens (tertiary/aromatic N) is 2. The topological polar surface area (TPSA) is 35.0 Å². The van der Waals surface area contributed by atoms with Crippen LogP contribution in [0, 0.1) is 6.92 Å². The highest BCUT2D eigenvalue weighted by Crippen LogP contribution is 2.37. The van der Waals surface area contributed by atoms with Crippen LogP contribution in [0.1, 0.15) is 11.5 Å². The number of halogens is 2. The van der Waals surface area contributed by atoms with E-state index in [4.69, 9.17) is 27.9 Å². The Morgan fingerprint density at radius 2 is 1.95 bits per heavy atom. The number of hydrogen-bond acceptors (Lipinski definition) is 4. The van der Waals surface area contributed by atoms with Crippen molar-refractivity contribution in [3.05, 3.63) is 46.0 Å². The molecule has 0 radical (unpaired) electrons. The van der Waals surface area contributed by atoms with Gasteiger partial charge in [0.2, 0.25) is 0 Å². The second-order valence-corrected chi connectivity index (χ2v) is 5.63. The van der Waals surface area contributed by atoms with Crippen LogP contribution in [-0.4, -0.2) is 17.1 Å². The van der Waals surface area contributed by atoms with Crippen LogP contribution < -0.4 is 0 Å². The predicted molar refractivity (Wildman–Crippen MR) is 78.1 cm³/mol. The molecule has 1 aromatic heterocycles. The van der Waals surface area contributed by atoms with E-state index in [1.807, 2.05) is 31.2 Å². The maximum atomic E-state index is 6.20. The molecule has 0 saturated heterocycles. The van der Waals surface area contributed by atoms with E-state index in [0.29, 0.717) is 22.6 Å². The van der Waals surface area contributed by atoms with Crippen LogP contribution in [-0.2, 0) is 11.3 Å². The molecule has 1 heterocycles. The minimum absolute atomic E-state index is 0.345. The average Bonchev–Trinajstić information content (AvgIpc) is 2.36. The molecule has 1 aromatic carbocycles. The summed E-state index contributed by atoms with van der Waals surface area (Å²) in [6.07, 6.45) is 0. The zero-order valence-corrected chi connectivity index (χ0v) is 12.8. The summed E-state index contributed by atoms with van der Waals surface area (Å²) in [6, 6.07) is 7.59. The van der Waals surface area contributed by atoms with E-state index < -0.39 is 0 Å². The first kappa shape index (κ1) is 14.6. The minimum atomic E-state index is 0.345. The Labute approximate surface area is 126 Å². The standard InChI is InChI=1S/C13H12Cl2N2OS/c1-8-12(13(15)17-11(16-8)7-18-2)19-10-6-4-3-5-9(10)14/h3-6H,7H2,1-2H3. The molecule has 19 heavy (non-hydrogen) atoms. The summed E-state index contributed by atoms with van der Waals surface area (Å²) in [5.41, 5.74) is 0.817. The van der Waals surface area contributed by atoms with Gasteiger partial charge in [-0.05, 0) is 19.1 Å². The summed E-state index contributed by atoms with van der Waals surface area (Å²) < 4.78 is 5.00. The van der Waals surface area contributed by atoms with Crippen LogP contribution in [0.25, 0.3) is 0 Å². The van der Waals surface area contributed by atoms with Crippen molar-refractivity contribution in [2.45, 2.75) is 23.3 Å². The van der Waals surface area contributed by atoms with Crippen molar-refractivity contribution >= 4 is 35.0 Å². The van der Waals surface area contributed by atoms with Gasteiger partial charge >= 0.3 is 0 Å². The molecule has 0 saturated carbocycles. The Morgan fingerprint density at radius 1 is 1.21 bits per heavy atom. The maximum absolute atomic E-state index is 6.20.